The van der Waals surface area contributed by atoms with Crippen LogP contribution in [0.25, 0.3) is 0 Å². The van der Waals surface area contributed by atoms with Crippen LogP contribution < -0.4 is 10.5 Å². The number of fused-ring (bicyclic) bond motifs is 1. The maximum Gasteiger partial charge on any atom is 0.246 e. The molecule has 0 atom stereocenters. The highest BCUT2D eigenvalue weighted by Gasteiger charge is 2.36. The second-order valence-corrected chi connectivity index (χ2v) is 12.0. The molecule has 6 rings (SSSR count). The van der Waals surface area contributed by atoms with Crippen LogP contribution in [-0.2, 0) is 5.60 Å². The van der Waals surface area contributed by atoms with Crippen LogP contribution in [0.2, 0.25) is 0 Å². The molecular weight excluding hydrogens is 486 g/mol. The minimum Gasteiger partial charge on any atom is -0.463 e. The first kappa shape index (κ1) is 26.0. The number of aliphatic imine (C=N–C) groups is 1. The Labute approximate surface area is 231 Å². The van der Waals surface area contributed by atoms with Gasteiger partial charge in [-0.05, 0) is 75.3 Å². The number of rotatable bonds is 5. The maximum absolute atomic E-state index is 11.2. The molecule has 3 heterocycles. The van der Waals surface area contributed by atoms with E-state index in [9.17, 15) is 5.11 Å². The molecule has 204 valence electrons. The number of nitrogens with zero attached hydrogens (tertiary/aromatic N) is 4. The van der Waals surface area contributed by atoms with Crippen molar-refractivity contribution in [2.45, 2.75) is 69.5 Å². The monoisotopic (exact) mass is 525 g/mol. The Kier molecular flexibility index (Phi) is 6.89. The van der Waals surface area contributed by atoms with Crippen molar-refractivity contribution in [3.05, 3.63) is 77.6 Å². The van der Waals surface area contributed by atoms with Crippen LogP contribution in [0.15, 0.2) is 65.9 Å². The minimum absolute atomic E-state index is 0.331. The van der Waals surface area contributed by atoms with Crippen LogP contribution >= 0.6 is 0 Å². The van der Waals surface area contributed by atoms with Gasteiger partial charge in [0, 0.05) is 25.2 Å². The van der Waals surface area contributed by atoms with Crippen molar-refractivity contribution in [3.63, 3.8) is 0 Å². The van der Waals surface area contributed by atoms with Crippen molar-refractivity contribution < 1.29 is 9.84 Å². The second kappa shape index (κ2) is 10.4. The molecule has 2 aromatic carbocycles. The minimum atomic E-state index is -0.671. The zero-order chi connectivity index (χ0) is 27.0. The van der Waals surface area contributed by atoms with Gasteiger partial charge in [-0.25, -0.2) is 9.98 Å². The Bertz CT molecular complexity index is 1320. The molecule has 1 aliphatic carbocycles. The number of ether oxygens (including phenoxy) is 1. The first-order valence-corrected chi connectivity index (χ1v) is 14.3. The number of likely N-dealkylation sites (tertiary alicyclic amines) is 1. The van der Waals surface area contributed by atoms with Gasteiger partial charge in [0.1, 0.15) is 11.9 Å². The second-order valence-electron chi connectivity index (χ2n) is 12.0. The highest BCUT2D eigenvalue weighted by molar-refractivity contribution is 6.09. The summed E-state index contributed by atoms with van der Waals surface area (Å²) in [6, 6.07) is 19.0. The molecule has 0 amide bonds. The summed E-state index contributed by atoms with van der Waals surface area (Å²) in [5.74, 6) is 2.10. The molecule has 3 N–H and O–H groups in total. The summed E-state index contributed by atoms with van der Waals surface area (Å²) >= 11 is 0. The number of nitrogen functional groups attached to an aromatic ring is 1. The van der Waals surface area contributed by atoms with Crippen LogP contribution in [0, 0.1) is 5.92 Å². The first-order valence-electron chi connectivity index (χ1n) is 14.3. The third kappa shape index (κ3) is 5.30. The van der Waals surface area contributed by atoms with E-state index in [1.807, 2.05) is 32.0 Å². The molecule has 7 nitrogen and oxygen atoms in total. The maximum atomic E-state index is 11.2. The van der Waals surface area contributed by atoms with E-state index in [0.29, 0.717) is 23.3 Å². The van der Waals surface area contributed by atoms with E-state index in [-0.39, 0.29) is 0 Å². The smallest absolute Gasteiger partial charge is 0.246 e. The normalized spacial score (nSPS) is 24.3. The van der Waals surface area contributed by atoms with Gasteiger partial charge in [-0.1, -0.05) is 54.6 Å². The van der Waals surface area contributed by atoms with Gasteiger partial charge in [0.25, 0.3) is 0 Å². The number of benzene rings is 2. The molecule has 0 radical (unpaired) electrons. The first-order chi connectivity index (χ1) is 18.8. The summed E-state index contributed by atoms with van der Waals surface area (Å²) in [5, 5.41) is 11.2. The quantitative estimate of drug-likeness (QED) is 0.450. The molecule has 1 saturated heterocycles. The summed E-state index contributed by atoms with van der Waals surface area (Å²) in [4.78, 5) is 15.7. The lowest BCUT2D eigenvalue weighted by molar-refractivity contribution is -0.0299. The fourth-order valence-corrected chi connectivity index (χ4v) is 6.60. The van der Waals surface area contributed by atoms with Gasteiger partial charge in [0.05, 0.1) is 11.3 Å². The summed E-state index contributed by atoms with van der Waals surface area (Å²) < 4.78 is 6.14. The predicted molar refractivity (Wildman–Crippen MR) is 155 cm³/mol. The third-order valence-corrected chi connectivity index (χ3v) is 8.98. The van der Waals surface area contributed by atoms with E-state index >= 15 is 0 Å². The van der Waals surface area contributed by atoms with E-state index in [1.54, 1.807) is 0 Å². The van der Waals surface area contributed by atoms with Gasteiger partial charge >= 0.3 is 0 Å². The Hall–Kier alpha value is -3.29. The zero-order valence-electron chi connectivity index (χ0n) is 23.0. The largest absolute Gasteiger partial charge is 0.463 e. The average molecular weight is 526 g/mol. The van der Waals surface area contributed by atoms with Crippen molar-refractivity contribution >= 4 is 17.2 Å². The van der Waals surface area contributed by atoms with Gasteiger partial charge in [-0.15, -0.1) is 0 Å². The topological polar surface area (TPSA) is 96.9 Å². The van der Waals surface area contributed by atoms with E-state index in [0.717, 1.165) is 55.2 Å². The van der Waals surface area contributed by atoms with E-state index < -0.39 is 11.2 Å². The fraction of sp³-hybridized carbons (Fsp3) is 0.469. The molecule has 0 unspecified atom stereocenters. The van der Waals surface area contributed by atoms with Crippen LogP contribution in [0.5, 0.6) is 5.88 Å². The highest BCUT2D eigenvalue weighted by Crippen LogP contribution is 2.40. The van der Waals surface area contributed by atoms with Crippen molar-refractivity contribution in [2.24, 2.45) is 10.9 Å². The third-order valence-electron chi connectivity index (χ3n) is 8.98. The Morgan fingerprint density at radius 3 is 2.33 bits per heavy atom. The van der Waals surface area contributed by atoms with Gasteiger partial charge < -0.3 is 20.5 Å². The molecule has 3 aromatic rings. The van der Waals surface area contributed by atoms with Crippen molar-refractivity contribution in [1.29, 1.82) is 0 Å². The molecular formula is C32H39N5O2. The van der Waals surface area contributed by atoms with E-state index in [1.165, 1.54) is 37.6 Å². The van der Waals surface area contributed by atoms with Crippen molar-refractivity contribution in [1.82, 2.24) is 14.9 Å². The van der Waals surface area contributed by atoms with Crippen LogP contribution in [-0.4, -0.2) is 50.9 Å². The highest BCUT2D eigenvalue weighted by atomic mass is 16.5. The number of piperidine rings is 1. The number of hydrogen-bond acceptors (Lipinski definition) is 7. The average Bonchev–Trinajstić information content (AvgIpc) is 2.95. The number of anilines is 1. The molecule has 1 saturated carbocycles. The fourth-order valence-electron chi connectivity index (χ4n) is 6.60. The number of aromatic nitrogens is 2. The molecule has 2 aliphatic heterocycles. The van der Waals surface area contributed by atoms with Gasteiger partial charge in [-0.3, -0.25) is 0 Å². The number of nitrogens with two attached hydrogens (primary N) is 1. The number of aliphatic hydroxyl groups is 1. The Morgan fingerprint density at radius 1 is 0.949 bits per heavy atom. The molecule has 0 spiro atoms. The summed E-state index contributed by atoms with van der Waals surface area (Å²) in [6.45, 7) is 7.11. The lowest BCUT2D eigenvalue weighted by atomic mass is 9.77. The van der Waals surface area contributed by atoms with E-state index in [4.69, 9.17) is 15.5 Å². The van der Waals surface area contributed by atoms with E-state index in [2.05, 4.69) is 51.3 Å². The molecule has 3 aliphatic rings. The molecule has 7 heteroatoms. The van der Waals surface area contributed by atoms with Crippen molar-refractivity contribution in [3.8, 4) is 5.88 Å². The number of hydrogen-bond donors (Lipinski definition) is 2. The van der Waals surface area contributed by atoms with Gasteiger partial charge in [0.15, 0.2) is 11.5 Å². The molecule has 1 aromatic heterocycles. The summed E-state index contributed by atoms with van der Waals surface area (Å²) in [5.41, 5.74) is 9.61. The Morgan fingerprint density at radius 2 is 1.64 bits per heavy atom. The molecule has 2 fully saturated rings. The molecule has 0 bridgehead atoms. The summed E-state index contributed by atoms with van der Waals surface area (Å²) in [7, 11) is 0. The van der Waals surface area contributed by atoms with Crippen LogP contribution in [0.1, 0.15) is 75.0 Å². The Balaban J connectivity index is 1.04. The molecule has 39 heavy (non-hydrogen) atoms. The predicted octanol–water partition coefficient (Wildman–Crippen LogP) is 5.61. The van der Waals surface area contributed by atoms with Gasteiger partial charge in [0.2, 0.25) is 5.88 Å². The SMILES string of the molecule is CC1(C)Oc2ncnc(N)c2N=C1c1ccc([C@H]2CC[C@H](CN3CCC(O)(c4ccccc4)CC3)CC2)cc1. The van der Waals surface area contributed by atoms with Crippen LogP contribution in [0.4, 0.5) is 11.5 Å². The zero-order valence-corrected chi connectivity index (χ0v) is 23.0. The lowest BCUT2D eigenvalue weighted by Gasteiger charge is -2.40. The standard InChI is InChI=1S/C32H39N5O2/c1-31(2)28(36-27-29(33)34-21-35-30(27)39-31)25-14-12-24(13-15-25)23-10-8-22(9-11-23)20-37-18-16-32(38,17-19-37)26-6-4-3-5-7-26/h3-7,12-15,21-23,38H,8-11,16-20H2,1-2H3,(H2,33,34,35)/t22-,23-. The van der Waals surface area contributed by atoms with Gasteiger partial charge in [-0.2, -0.15) is 4.98 Å². The lowest BCUT2D eigenvalue weighted by Crippen LogP contribution is -2.44. The van der Waals surface area contributed by atoms with Crippen molar-refractivity contribution in [2.75, 3.05) is 25.4 Å². The summed E-state index contributed by atoms with van der Waals surface area (Å²) in [6.07, 6.45) is 8.01. The van der Waals surface area contributed by atoms with Crippen LogP contribution in [0.3, 0.4) is 0 Å².